The number of hydrogen-bond donors (Lipinski definition) is 1. The summed E-state index contributed by atoms with van der Waals surface area (Å²) in [7, 11) is 5.96. The van der Waals surface area contributed by atoms with Crippen LogP contribution < -0.4 is 10.1 Å². The normalized spacial score (nSPS) is 22.6. The van der Waals surface area contributed by atoms with Gasteiger partial charge in [-0.1, -0.05) is 12.1 Å². The molecule has 1 aliphatic heterocycles. The van der Waals surface area contributed by atoms with Gasteiger partial charge in [0.15, 0.2) is 0 Å². The van der Waals surface area contributed by atoms with Gasteiger partial charge in [0.25, 0.3) is 0 Å². The van der Waals surface area contributed by atoms with Crippen LogP contribution in [0.3, 0.4) is 0 Å². The lowest BCUT2D eigenvalue weighted by atomic mass is 9.92. The summed E-state index contributed by atoms with van der Waals surface area (Å²) < 4.78 is 5.30. The molecule has 94 valence electrons. The van der Waals surface area contributed by atoms with Crippen LogP contribution in [0.2, 0.25) is 0 Å². The van der Waals surface area contributed by atoms with Crippen molar-refractivity contribution in [3.05, 3.63) is 29.8 Å². The molecule has 0 spiro atoms. The van der Waals surface area contributed by atoms with Gasteiger partial charge in [0, 0.05) is 12.6 Å². The highest BCUT2D eigenvalue weighted by atomic mass is 16.5. The van der Waals surface area contributed by atoms with Crippen LogP contribution in [0, 0.1) is 5.92 Å². The van der Waals surface area contributed by atoms with Crippen molar-refractivity contribution >= 4 is 0 Å². The van der Waals surface area contributed by atoms with Gasteiger partial charge in [0.2, 0.25) is 0 Å². The van der Waals surface area contributed by atoms with Gasteiger partial charge < -0.3 is 15.0 Å². The molecular weight excluding hydrogens is 212 g/mol. The molecule has 1 aliphatic rings. The van der Waals surface area contributed by atoms with Gasteiger partial charge in [-0.3, -0.25) is 0 Å². The zero-order chi connectivity index (χ0) is 12.3. The summed E-state index contributed by atoms with van der Waals surface area (Å²) >= 11 is 0. The number of rotatable bonds is 4. The molecule has 1 fully saturated rings. The zero-order valence-electron chi connectivity index (χ0n) is 10.9. The fourth-order valence-corrected chi connectivity index (χ4v) is 2.75. The first kappa shape index (κ1) is 12.4. The highest BCUT2D eigenvalue weighted by Crippen LogP contribution is 2.30. The van der Waals surface area contributed by atoms with Crippen molar-refractivity contribution in [2.75, 3.05) is 34.3 Å². The highest BCUT2D eigenvalue weighted by molar-refractivity contribution is 5.31. The number of ether oxygens (including phenoxy) is 1. The van der Waals surface area contributed by atoms with E-state index in [1.165, 1.54) is 25.1 Å². The van der Waals surface area contributed by atoms with E-state index in [9.17, 15) is 0 Å². The van der Waals surface area contributed by atoms with E-state index in [1.807, 2.05) is 13.1 Å². The maximum absolute atomic E-state index is 5.30. The Bertz CT molecular complexity index is 367. The maximum Gasteiger partial charge on any atom is 0.119 e. The van der Waals surface area contributed by atoms with Gasteiger partial charge >= 0.3 is 0 Å². The van der Waals surface area contributed by atoms with E-state index < -0.39 is 0 Å². The van der Waals surface area contributed by atoms with Crippen LogP contribution in [0.5, 0.6) is 5.75 Å². The lowest BCUT2D eigenvalue weighted by molar-refractivity contribution is 0.349. The van der Waals surface area contributed by atoms with Crippen LogP contribution in [0.1, 0.15) is 18.0 Å². The molecule has 0 bridgehead atoms. The molecule has 0 amide bonds. The molecule has 0 aliphatic carbocycles. The minimum Gasteiger partial charge on any atom is -0.497 e. The molecule has 1 heterocycles. The van der Waals surface area contributed by atoms with Crippen LogP contribution in [0.4, 0.5) is 0 Å². The second kappa shape index (κ2) is 5.52. The van der Waals surface area contributed by atoms with Crippen LogP contribution in [-0.2, 0) is 0 Å². The molecule has 0 saturated carbocycles. The zero-order valence-corrected chi connectivity index (χ0v) is 10.9. The molecule has 1 aromatic carbocycles. The third-order valence-electron chi connectivity index (χ3n) is 3.66. The number of likely N-dealkylation sites (tertiary alicyclic amines) is 1. The van der Waals surface area contributed by atoms with Crippen LogP contribution in [0.15, 0.2) is 24.3 Å². The predicted octanol–water partition coefficient (Wildman–Crippen LogP) is 1.91. The number of nitrogens with one attached hydrogen (secondary N) is 1. The highest BCUT2D eigenvalue weighted by Gasteiger charge is 2.27. The summed E-state index contributed by atoms with van der Waals surface area (Å²) in [5, 5.41) is 3.45. The van der Waals surface area contributed by atoms with Crippen LogP contribution in [0.25, 0.3) is 0 Å². The van der Waals surface area contributed by atoms with E-state index in [2.05, 4.69) is 35.5 Å². The topological polar surface area (TPSA) is 24.5 Å². The van der Waals surface area contributed by atoms with E-state index in [1.54, 1.807) is 7.11 Å². The minimum absolute atomic E-state index is 0.426. The number of benzene rings is 1. The lowest BCUT2D eigenvalue weighted by Crippen LogP contribution is -2.27. The van der Waals surface area contributed by atoms with Crippen molar-refractivity contribution in [2.24, 2.45) is 5.92 Å². The third-order valence-corrected chi connectivity index (χ3v) is 3.66. The van der Waals surface area contributed by atoms with Gasteiger partial charge in [-0.05, 0) is 50.7 Å². The van der Waals surface area contributed by atoms with E-state index in [4.69, 9.17) is 4.74 Å². The Labute approximate surface area is 104 Å². The van der Waals surface area contributed by atoms with Crippen molar-refractivity contribution in [2.45, 2.75) is 12.5 Å². The average Bonchev–Trinajstić information content (AvgIpc) is 2.77. The molecule has 1 aromatic rings. The van der Waals surface area contributed by atoms with Crippen molar-refractivity contribution in [1.29, 1.82) is 0 Å². The van der Waals surface area contributed by atoms with Crippen molar-refractivity contribution in [3.8, 4) is 5.75 Å². The molecule has 0 aromatic heterocycles. The number of methoxy groups -OCH3 is 1. The quantitative estimate of drug-likeness (QED) is 0.861. The standard InChI is InChI=1S/C14H22N2O/c1-15-14(12-7-8-16(2)10-12)11-5-4-6-13(9-11)17-3/h4-6,9,12,14-15H,7-8,10H2,1-3H3. The van der Waals surface area contributed by atoms with E-state index in [-0.39, 0.29) is 0 Å². The maximum atomic E-state index is 5.30. The van der Waals surface area contributed by atoms with E-state index in [0.29, 0.717) is 12.0 Å². The Morgan fingerprint density at radius 2 is 2.29 bits per heavy atom. The van der Waals surface area contributed by atoms with Crippen molar-refractivity contribution < 1.29 is 4.74 Å². The second-order valence-electron chi connectivity index (χ2n) is 4.85. The molecule has 2 unspecified atom stereocenters. The van der Waals surface area contributed by atoms with Gasteiger partial charge in [-0.2, -0.15) is 0 Å². The van der Waals surface area contributed by atoms with Crippen LogP contribution >= 0.6 is 0 Å². The molecule has 2 rings (SSSR count). The molecule has 3 nitrogen and oxygen atoms in total. The Hall–Kier alpha value is -1.06. The monoisotopic (exact) mass is 234 g/mol. The van der Waals surface area contributed by atoms with Gasteiger partial charge in [0.1, 0.15) is 5.75 Å². The third kappa shape index (κ3) is 2.79. The van der Waals surface area contributed by atoms with Crippen molar-refractivity contribution in [3.63, 3.8) is 0 Å². The van der Waals surface area contributed by atoms with Crippen LogP contribution in [-0.4, -0.2) is 39.2 Å². The molecule has 1 saturated heterocycles. The van der Waals surface area contributed by atoms with E-state index >= 15 is 0 Å². The Morgan fingerprint density at radius 1 is 1.47 bits per heavy atom. The Kier molecular flexibility index (Phi) is 4.02. The van der Waals surface area contributed by atoms with Crippen molar-refractivity contribution in [1.82, 2.24) is 10.2 Å². The summed E-state index contributed by atoms with van der Waals surface area (Å²) in [6.45, 7) is 2.37. The fourth-order valence-electron chi connectivity index (χ4n) is 2.75. The first-order chi connectivity index (χ1) is 8.24. The largest absolute Gasteiger partial charge is 0.497 e. The molecule has 3 heteroatoms. The number of nitrogens with zero attached hydrogens (tertiary/aromatic N) is 1. The minimum atomic E-state index is 0.426. The van der Waals surface area contributed by atoms with Gasteiger partial charge in [0.05, 0.1) is 7.11 Å². The molecule has 2 atom stereocenters. The fraction of sp³-hybridized carbons (Fsp3) is 0.571. The van der Waals surface area contributed by atoms with Gasteiger partial charge in [-0.15, -0.1) is 0 Å². The molecular formula is C14H22N2O. The summed E-state index contributed by atoms with van der Waals surface area (Å²) in [6, 6.07) is 8.81. The first-order valence-corrected chi connectivity index (χ1v) is 6.24. The summed E-state index contributed by atoms with van der Waals surface area (Å²) in [5.41, 5.74) is 1.33. The summed E-state index contributed by atoms with van der Waals surface area (Å²) in [6.07, 6.45) is 1.26. The number of hydrogen-bond acceptors (Lipinski definition) is 3. The summed E-state index contributed by atoms with van der Waals surface area (Å²) in [5.74, 6) is 1.63. The molecule has 0 radical (unpaired) electrons. The first-order valence-electron chi connectivity index (χ1n) is 6.24. The Balaban J connectivity index is 2.16. The van der Waals surface area contributed by atoms with E-state index in [0.717, 1.165) is 5.75 Å². The molecule has 17 heavy (non-hydrogen) atoms. The smallest absolute Gasteiger partial charge is 0.119 e. The van der Waals surface area contributed by atoms with Gasteiger partial charge in [-0.25, -0.2) is 0 Å². The predicted molar refractivity (Wildman–Crippen MR) is 70.4 cm³/mol. The Morgan fingerprint density at radius 3 is 2.88 bits per heavy atom. The summed E-state index contributed by atoms with van der Waals surface area (Å²) in [4.78, 5) is 2.40. The molecule has 1 N–H and O–H groups in total. The second-order valence-corrected chi connectivity index (χ2v) is 4.85. The average molecular weight is 234 g/mol. The SMILES string of the molecule is CNC(c1cccc(OC)c1)C1CCN(C)C1. The lowest BCUT2D eigenvalue weighted by Gasteiger charge is -2.23.